The summed E-state index contributed by atoms with van der Waals surface area (Å²) < 4.78 is 1.62. The number of nitrogens with one attached hydrogen (secondary N) is 1. The second-order valence-corrected chi connectivity index (χ2v) is 5.48. The van der Waals surface area contributed by atoms with Gasteiger partial charge in [0, 0.05) is 18.0 Å². The lowest BCUT2D eigenvalue weighted by Crippen LogP contribution is -2.37. The number of hydrogen-bond donors (Lipinski definition) is 3. The van der Waals surface area contributed by atoms with Crippen LogP contribution in [0.5, 0.6) is 0 Å². The molecule has 1 aliphatic heterocycles. The standard InChI is InChI=1S/C15H16N4O4/c20-13(21)6-10-12(7-16-14(10)15(22)23)19-11(8-17-18-19)9-4-2-1-3-5-9/h1-5,8,10,12,14,16H,6-7H2,(H,20,21)(H,22,23)/t10-,12-,14-/m0/s1. The molecule has 0 radical (unpaired) electrons. The molecule has 1 aromatic heterocycles. The lowest BCUT2D eigenvalue weighted by Gasteiger charge is -2.21. The van der Waals surface area contributed by atoms with Crippen LogP contribution in [0.2, 0.25) is 0 Å². The monoisotopic (exact) mass is 316 g/mol. The van der Waals surface area contributed by atoms with E-state index in [1.165, 1.54) is 0 Å². The van der Waals surface area contributed by atoms with Crippen LogP contribution in [0.3, 0.4) is 0 Å². The summed E-state index contributed by atoms with van der Waals surface area (Å²) in [5.41, 5.74) is 1.63. The zero-order chi connectivity index (χ0) is 16.4. The molecule has 2 heterocycles. The molecular formula is C15H16N4O4. The average molecular weight is 316 g/mol. The highest BCUT2D eigenvalue weighted by atomic mass is 16.4. The Morgan fingerprint density at radius 2 is 2.00 bits per heavy atom. The van der Waals surface area contributed by atoms with Gasteiger partial charge >= 0.3 is 11.9 Å². The van der Waals surface area contributed by atoms with E-state index in [9.17, 15) is 14.7 Å². The fourth-order valence-corrected chi connectivity index (χ4v) is 3.07. The molecule has 1 fully saturated rings. The van der Waals surface area contributed by atoms with Crippen molar-refractivity contribution in [3.63, 3.8) is 0 Å². The molecule has 1 aliphatic rings. The van der Waals surface area contributed by atoms with Gasteiger partial charge in [-0.1, -0.05) is 35.5 Å². The topological polar surface area (TPSA) is 117 Å². The van der Waals surface area contributed by atoms with Gasteiger partial charge in [-0.3, -0.25) is 9.59 Å². The first-order valence-electron chi connectivity index (χ1n) is 7.21. The van der Waals surface area contributed by atoms with E-state index >= 15 is 0 Å². The maximum atomic E-state index is 11.4. The van der Waals surface area contributed by atoms with Gasteiger partial charge in [0.2, 0.25) is 0 Å². The van der Waals surface area contributed by atoms with Crippen LogP contribution in [-0.4, -0.2) is 49.7 Å². The van der Waals surface area contributed by atoms with E-state index in [1.807, 2.05) is 30.3 Å². The van der Waals surface area contributed by atoms with Crippen molar-refractivity contribution in [2.75, 3.05) is 6.54 Å². The SMILES string of the molecule is O=C(O)C[C@@H]1[C@@H](C(=O)O)NC[C@@H]1n1nncc1-c1ccccc1. The number of carbonyl (C=O) groups is 2. The van der Waals surface area contributed by atoms with Crippen LogP contribution in [0.1, 0.15) is 12.5 Å². The summed E-state index contributed by atoms with van der Waals surface area (Å²) in [7, 11) is 0. The Balaban J connectivity index is 1.96. The van der Waals surface area contributed by atoms with Gasteiger partial charge in [0.05, 0.1) is 24.4 Å². The fraction of sp³-hybridized carbons (Fsp3) is 0.333. The van der Waals surface area contributed by atoms with Crippen LogP contribution < -0.4 is 5.32 Å². The molecule has 2 aromatic rings. The summed E-state index contributed by atoms with van der Waals surface area (Å²) in [5, 5.41) is 29.3. The third-order valence-corrected chi connectivity index (χ3v) is 4.10. The summed E-state index contributed by atoms with van der Waals surface area (Å²) in [6, 6.07) is 8.16. The number of benzene rings is 1. The second kappa shape index (κ2) is 6.17. The Bertz CT molecular complexity index is 715. The average Bonchev–Trinajstić information content (AvgIpc) is 3.13. The minimum atomic E-state index is -1.06. The lowest BCUT2D eigenvalue weighted by atomic mass is 9.92. The van der Waals surface area contributed by atoms with Gasteiger partial charge < -0.3 is 15.5 Å². The first-order chi connectivity index (χ1) is 11.1. The summed E-state index contributed by atoms with van der Waals surface area (Å²) in [4.78, 5) is 22.5. The molecule has 3 rings (SSSR count). The summed E-state index contributed by atoms with van der Waals surface area (Å²) in [6.07, 6.45) is 1.35. The molecule has 0 spiro atoms. The predicted octanol–water partition coefficient (Wildman–Crippen LogP) is 0.634. The number of hydrogen-bond acceptors (Lipinski definition) is 5. The molecule has 0 unspecified atom stereocenters. The Morgan fingerprint density at radius 1 is 1.26 bits per heavy atom. The maximum Gasteiger partial charge on any atom is 0.321 e. The van der Waals surface area contributed by atoms with E-state index in [1.54, 1.807) is 10.9 Å². The van der Waals surface area contributed by atoms with Crippen LogP contribution in [0.25, 0.3) is 11.3 Å². The van der Waals surface area contributed by atoms with Crippen LogP contribution in [0, 0.1) is 5.92 Å². The smallest absolute Gasteiger partial charge is 0.321 e. The van der Waals surface area contributed by atoms with Crippen LogP contribution >= 0.6 is 0 Å². The number of nitrogens with zero attached hydrogens (tertiary/aromatic N) is 3. The zero-order valence-corrected chi connectivity index (χ0v) is 12.2. The number of aliphatic carboxylic acids is 2. The van der Waals surface area contributed by atoms with Crippen LogP contribution in [-0.2, 0) is 9.59 Å². The lowest BCUT2D eigenvalue weighted by molar-refractivity contribution is -0.142. The largest absolute Gasteiger partial charge is 0.481 e. The van der Waals surface area contributed by atoms with Crippen LogP contribution in [0.15, 0.2) is 36.5 Å². The van der Waals surface area contributed by atoms with Gasteiger partial charge in [0.1, 0.15) is 6.04 Å². The van der Waals surface area contributed by atoms with Crippen molar-refractivity contribution in [2.24, 2.45) is 5.92 Å². The van der Waals surface area contributed by atoms with Crippen molar-refractivity contribution in [3.05, 3.63) is 36.5 Å². The summed E-state index contributed by atoms with van der Waals surface area (Å²) in [6.45, 7) is 0.331. The maximum absolute atomic E-state index is 11.4. The Kier molecular flexibility index (Phi) is 4.07. The van der Waals surface area contributed by atoms with E-state index in [0.29, 0.717) is 6.54 Å². The van der Waals surface area contributed by atoms with Gasteiger partial charge in [-0.15, -0.1) is 5.10 Å². The highest BCUT2D eigenvalue weighted by Gasteiger charge is 2.43. The van der Waals surface area contributed by atoms with Gasteiger partial charge in [0.25, 0.3) is 0 Å². The van der Waals surface area contributed by atoms with E-state index in [-0.39, 0.29) is 12.5 Å². The van der Waals surface area contributed by atoms with Crippen molar-refractivity contribution < 1.29 is 19.8 Å². The van der Waals surface area contributed by atoms with E-state index in [4.69, 9.17) is 5.11 Å². The Labute approximate surface area is 131 Å². The highest BCUT2D eigenvalue weighted by molar-refractivity contribution is 5.76. The van der Waals surface area contributed by atoms with Crippen molar-refractivity contribution >= 4 is 11.9 Å². The third-order valence-electron chi connectivity index (χ3n) is 4.10. The molecule has 1 aromatic carbocycles. The quantitative estimate of drug-likeness (QED) is 0.740. The first-order valence-corrected chi connectivity index (χ1v) is 7.21. The second-order valence-electron chi connectivity index (χ2n) is 5.48. The zero-order valence-electron chi connectivity index (χ0n) is 12.2. The number of aromatic nitrogens is 3. The normalized spacial score (nSPS) is 23.7. The number of carboxylic acid groups (broad SMARTS) is 2. The summed E-state index contributed by atoms with van der Waals surface area (Å²) in [5.74, 6) is -2.69. The van der Waals surface area contributed by atoms with Gasteiger partial charge in [-0.2, -0.15) is 0 Å². The number of carboxylic acids is 2. The fourth-order valence-electron chi connectivity index (χ4n) is 3.07. The number of rotatable bonds is 5. The molecule has 120 valence electrons. The highest BCUT2D eigenvalue weighted by Crippen LogP contribution is 2.33. The summed E-state index contributed by atoms with van der Waals surface area (Å²) >= 11 is 0. The Hall–Kier alpha value is -2.74. The van der Waals surface area contributed by atoms with Crippen molar-refractivity contribution in [3.8, 4) is 11.3 Å². The molecular weight excluding hydrogens is 300 g/mol. The van der Waals surface area contributed by atoms with E-state index in [0.717, 1.165) is 11.3 Å². The van der Waals surface area contributed by atoms with Gasteiger partial charge in [-0.05, 0) is 0 Å². The molecule has 8 heteroatoms. The van der Waals surface area contributed by atoms with Gasteiger partial charge in [-0.25, -0.2) is 4.68 Å². The minimum Gasteiger partial charge on any atom is -0.481 e. The van der Waals surface area contributed by atoms with Crippen molar-refractivity contribution in [1.82, 2.24) is 20.3 Å². The van der Waals surface area contributed by atoms with E-state index < -0.39 is 23.9 Å². The molecule has 0 aliphatic carbocycles. The van der Waals surface area contributed by atoms with Crippen LogP contribution in [0.4, 0.5) is 0 Å². The molecule has 1 saturated heterocycles. The molecule has 3 N–H and O–H groups in total. The molecule has 0 bridgehead atoms. The third kappa shape index (κ3) is 2.93. The Morgan fingerprint density at radius 3 is 2.65 bits per heavy atom. The minimum absolute atomic E-state index is 0.247. The molecule has 8 nitrogen and oxygen atoms in total. The first kappa shape index (κ1) is 15.2. The molecule has 3 atom stereocenters. The predicted molar refractivity (Wildman–Crippen MR) is 79.7 cm³/mol. The van der Waals surface area contributed by atoms with Crippen molar-refractivity contribution in [2.45, 2.75) is 18.5 Å². The molecule has 0 amide bonds. The van der Waals surface area contributed by atoms with Crippen molar-refractivity contribution in [1.29, 1.82) is 0 Å². The van der Waals surface area contributed by atoms with Gasteiger partial charge in [0.15, 0.2) is 0 Å². The van der Waals surface area contributed by atoms with E-state index in [2.05, 4.69) is 15.6 Å². The molecule has 23 heavy (non-hydrogen) atoms. The molecule has 0 saturated carbocycles.